The molecule has 2 heterocycles. The van der Waals surface area contributed by atoms with Crippen molar-refractivity contribution in [3.8, 4) is 17.2 Å². The van der Waals surface area contributed by atoms with Crippen LogP contribution < -0.4 is 14.8 Å². The molecule has 0 spiro atoms. The first-order valence-corrected chi connectivity index (χ1v) is 10.4. The molecule has 1 aliphatic rings. The third-order valence-corrected chi connectivity index (χ3v) is 6.49. The zero-order chi connectivity index (χ0) is 21.4. The minimum Gasteiger partial charge on any atom is -0.493 e. The Morgan fingerprint density at radius 3 is 2.60 bits per heavy atom. The number of nitrogens with one attached hydrogen (secondary N) is 1. The molecule has 3 aromatic rings. The summed E-state index contributed by atoms with van der Waals surface area (Å²) in [5.41, 5.74) is 3.15. The van der Waals surface area contributed by atoms with Crippen molar-refractivity contribution < 1.29 is 18.7 Å². The van der Waals surface area contributed by atoms with Gasteiger partial charge in [-0.3, -0.25) is 4.79 Å². The first-order chi connectivity index (χ1) is 14.4. The Labute approximate surface area is 178 Å². The van der Waals surface area contributed by atoms with Crippen LogP contribution in [0.4, 0.5) is 10.2 Å². The number of rotatable bonds is 4. The molecule has 1 N–H and O–H groups in total. The number of nitrogens with zero attached hydrogens (tertiary/aromatic N) is 2. The van der Waals surface area contributed by atoms with Gasteiger partial charge in [-0.15, -0.1) is 11.8 Å². The van der Waals surface area contributed by atoms with E-state index in [2.05, 4.69) is 10.4 Å². The van der Waals surface area contributed by atoms with E-state index in [0.29, 0.717) is 23.0 Å². The van der Waals surface area contributed by atoms with E-state index in [0.717, 1.165) is 16.8 Å². The van der Waals surface area contributed by atoms with Gasteiger partial charge in [-0.05, 0) is 49.7 Å². The molecule has 1 amide bonds. The third kappa shape index (κ3) is 3.52. The number of benzene rings is 2. The summed E-state index contributed by atoms with van der Waals surface area (Å²) in [6.45, 7) is 3.76. The fraction of sp³-hybridized carbons (Fsp3) is 0.273. The summed E-state index contributed by atoms with van der Waals surface area (Å²) in [5.74, 6) is 1.31. The Kier molecular flexibility index (Phi) is 5.42. The van der Waals surface area contributed by atoms with Crippen molar-refractivity contribution >= 4 is 23.5 Å². The summed E-state index contributed by atoms with van der Waals surface area (Å²) in [6, 6.07) is 11.9. The second-order valence-electron chi connectivity index (χ2n) is 7.00. The van der Waals surface area contributed by atoms with E-state index in [1.807, 2.05) is 32.0 Å². The van der Waals surface area contributed by atoms with Crippen LogP contribution in [0.25, 0.3) is 5.69 Å². The second-order valence-corrected chi connectivity index (χ2v) is 8.45. The first-order valence-electron chi connectivity index (χ1n) is 9.46. The van der Waals surface area contributed by atoms with Crippen LogP contribution in [-0.4, -0.2) is 35.2 Å². The van der Waals surface area contributed by atoms with Crippen LogP contribution in [0.5, 0.6) is 11.5 Å². The smallest absolute Gasteiger partial charge is 0.238 e. The van der Waals surface area contributed by atoms with Gasteiger partial charge in [-0.25, -0.2) is 9.07 Å². The number of anilines is 1. The van der Waals surface area contributed by atoms with Gasteiger partial charge >= 0.3 is 0 Å². The van der Waals surface area contributed by atoms with Crippen molar-refractivity contribution in [1.29, 1.82) is 0 Å². The molecule has 2 atom stereocenters. The number of carbonyl (C=O) groups excluding carboxylic acids is 1. The minimum absolute atomic E-state index is 0.123. The van der Waals surface area contributed by atoms with Crippen LogP contribution in [0.15, 0.2) is 42.5 Å². The number of hydrogen-bond donors (Lipinski definition) is 1. The molecule has 0 saturated heterocycles. The molecule has 6 nitrogen and oxygen atoms in total. The van der Waals surface area contributed by atoms with E-state index in [4.69, 9.17) is 9.47 Å². The third-order valence-electron chi connectivity index (χ3n) is 5.08. The SMILES string of the molecule is COc1ccc(C2SC(C)C(=O)Nc3c2c(C)nn3-c2cccc(F)c2)cc1OC. The quantitative estimate of drug-likeness (QED) is 0.664. The first kappa shape index (κ1) is 20.3. The monoisotopic (exact) mass is 427 g/mol. The fourth-order valence-electron chi connectivity index (χ4n) is 3.58. The topological polar surface area (TPSA) is 65.4 Å². The number of aryl methyl sites for hydroxylation is 1. The zero-order valence-corrected chi connectivity index (χ0v) is 17.9. The molecular weight excluding hydrogens is 405 g/mol. The highest BCUT2D eigenvalue weighted by Gasteiger charge is 2.34. The lowest BCUT2D eigenvalue weighted by Crippen LogP contribution is -2.22. The molecule has 156 valence electrons. The highest BCUT2D eigenvalue weighted by Crippen LogP contribution is 2.47. The van der Waals surface area contributed by atoms with Gasteiger partial charge in [0.15, 0.2) is 11.5 Å². The van der Waals surface area contributed by atoms with E-state index in [1.54, 1.807) is 31.0 Å². The van der Waals surface area contributed by atoms with Crippen molar-refractivity contribution in [1.82, 2.24) is 9.78 Å². The largest absolute Gasteiger partial charge is 0.493 e. The average Bonchev–Trinajstić information content (AvgIpc) is 2.99. The molecule has 0 fully saturated rings. The summed E-state index contributed by atoms with van der Waals surface area (Å²) in [6.07, 6.45) is 0. The second kappa shape index (κ2) is 8.02. The number of ether oxygens (including phenoxy) is 2. The highest BCUT2D eigenvalue weighted by atomic mass is 32.2. The summed E-state index contributed by atoms with van der Waals surface area (Å²) in [5, 5.41) is 7.15. The predicted octanol–water partition coefficient (Wildman–Crippen LogP) is 4.50. The fourth-order valence-corrected chi connectivity index (χ4v) is 4.89. The number of methoxy groups -OCH3 is 2. The summed E-state index contributed by atoms with van der Waals surface area (Å²) < 4.78 is 26.3. The summed E-state index contributed by atoms with van der Waals surface area (Å²) in [4.78, 5) is 12.7. The van der Waals surface area contributed by atoms with E-state index < -0.39 is 0 Å². The summed E-state index contributed by atoms with van der Waals surface area (Å²) in [7, 11) is 3.18. The van der Waals surface area contributed by atoms with Gasteiger partial charge in [-0.2, -0.15) is 5.10 Å². The highest BCUT2D eigenvalue weighted by molar-refractivity contribution is 8.01. The Morgan fingerprint density at radius 1 is 1.13 bits per heavy atom. The van der Waals surface area contributed by atoms with Gasteiger partial charge in [0, 0.05) is 5.56 Å². The minimum atomic E-state index is -0.367. The predicted molar refractivity (Wildman–Crippen MR) is 115 cm³/mol. The van der Waals surface area contributed by atoms with E-state index in [9.17, 15) is 9.18 Å². The lowest BCUT2D eigenvalue weighted by molar-refractivity contribution is -0.115. The molecule has 0 saturated carbocycles. The van der Waals surface area contributed by atoms with Gasteiger partial charge in [-0.1, -0.05) is 12.1 Å². The van der Waals surface area contributed by atoms with E-state index in [-0.39, 0.29) is 22.2 Å². The van der Waals surface area contributed by atoms with Crippen molar-refractivity contribution in [3.63, 3.8) is 0 Å². The standard InChI is InChI=1S/C22H22FN3O3S/c1-12-19-20(14-8-9-17(28-3)18(10-14)29-4)30-13(2)22(27)24-21(19)26(25-12)16-7-5-6-15(23)11-16/h5-11,13,20H,1-4H3,(H,24,27). The van der Waals surface area contributed by atoms with Gasteiger partial charge < -0.3 is 14.8 Å². The summed E-state index contributed by atoms with van der Waals surface area (Å²) >= 11 is 1.53. The van der Waals surface area contributed by atoms with Crippen molar-refractivity contribution in [3.05, 3.63) is 65.1 Å². The maximum absolute atomic E-state index is 13.8. The van der Waals surface area contributed by atoms with E-state index >= 15 is 0 Å². The zero-order valence-electron chi connectivity index (χ0n) is 17.1. The Hall–Kier alpha value is -3.00. The molecular formula is C22H22FN3O3S. The molecule has 30 heavy (non-hydrogen) atoms. The normalized spacial score (nSPS) is 18.4. The van der Waals surface area contributed by atoms with Crippen LogP contribution in [0, 0.1) is 12.7 Å². The lowest BCUT2D eigenvalue weighted by Gasteiger charge is -2.19. The van der Waals surface area contributed by atoms with E-state index in [1.165, 1.54) is 23.9 Å². The van der Waals surface area contributed by atoms with Crippen LogP contribution in [0.3, 0.4) is 0 Å². The number of halogens is 1. The Balaban J connectivity index is 1.90. The molecule has 2 aromatic carbocycles. The van der Waals surface area contributed by atoms with Gasteiger partial charge in [0.1, 0.15) is 11.6 Å². The van der Waals surface area contributed by atoms with Gasteiger partial charge in [0.25, 0.3) is 0 Å². The number of amides is 1. The Morgan fingerprint density at radius 2 is 1.90 bits per heavy atom. The number of fused-ring (bicyclic) bond motifs is 1. The van der Waals surface area contributed by atoms with Crippen LogP contribution >= 0.6 is 11.8 Å². The number of carbonyl (C=O) groups is 1. The number of aromatic nitrogens is 2. The van der Waals surface area contributed by atoms with Crippen molar-refractivity contribution in [2.45, 2.75) is 24.3 Å². The van der Waals surface area contributed by atoms with Crippen LogP contribution in [-0.2, 0) is 4.79 Å². The molecule has 0 aliphatic carbocycles. The lowest BCUT2D eigenvalue weighted by atomic mass is 10.0. The molecule has 0 bridgehead atoms. The molecule has 1 aromatic heterocycles. The molecule has 8 heteroatoms. The van der Waals surface area contributed by atoms with Crippen LogP contribution in [0.2, 0.25) is 0 Å². The molecule has 4 rings (SSSR count). The maximum Gasteiger partial charge on any atom is 0.238 e. The Bertz CT molecular complexity index is 1120. The van der Waals surface area contributed by atoms with Gasteiger partial charge in [0.05, 0.1) is 36.1 Å². The van der Waals surface area contributed by atoms with Crippen LogP contribution in [0.1, 0.15) is 29.0 Å². The van der Waals surface area contributed by atoms with Crippen molar-refractivity contribution in [2.75, 3.05) is 19.5 Å². The average molecular weight is 428 g/mol. The molecule has 1 aliphatic heterocycles. The molecule has 2 unspecified atom stereocenters. The van der Waals surface area contributed by atoms with Crippen molar-refractivity contribution in [2.24, 2.45) is 0 Å². The molecule has 0 radical (unpaired) electrons. The number of hydrogen-bond acceptors (Lipinski definition) is 5. The maximum atomic E-state index is 13.8. The number of thioether (sulfide) groups is 1. The van der Waals surface area contributed by atoms with Gasteiger partial charge in [0.2, 0.25) is 5.91 Å².